The van der Waals surface area contributed by atoms with Crippen LogP contribution in [-0.2, 0) is 6.18 Å². The summed E-state index contributed by atoms with van der Waals surface area (Å²) in [7, 11) is 0. The van der Waals surface area contributed by atoms with Crippen molar-refractivity contribution in [3.8, 4) is 6.07 Å². The summed E-state index contributed by atoms with van der Waals surface area (Å²) in [6.07, 6.45) is -3.63. The van der Waals surface area contributed by atoms with E-state index in [4.69, 9.17) is 5.26 Å². The third-order valence-corrected chi connectivity index (χ3v) is 4.85. The molecule has 1 aliphatic heterocycles. The van der Waals surface area contributed by atoms with Crippen molar-refractivity contribution >= 4 is 21.6 Å². The van der Waals surface area contributed by atoms with E-state index >= 15 is 0 Å². The van der Waals surface area contributed by atoms with Gasteiger partial charge in [-0.15, -0.1) is 0 Å². The van der Waals surface area contributed by atoms with Gasteiger partial charge in [0.05, 0.1) is 17.2 Å². The Balaban J connectivity index is 1.83. The Morgan fingerprint density at radius 3 is 2.46 bits per heavy atom. The zero-order valence-electron chi connectivity index (χ0n) is 12.6. The van der Waals surface area contributed by atoms with E-state index in [1.54, 1.807) is 12.1 Å². The number of anilines is 1. The van der Waals surface area contributed by atoms with Crippen molar-refractivity contribution < 1.29 is 13.2 Å². The van der Waals surface area contributed by atoms with Crippen molar-refractivity contribution in [2.45, 2.75) is 18.5 Å². The highest BCUT2D eigenvalue weighted by Gasteiger charge is 2.35. The molecule has 0 N–H and O–H groups in total. The Morgan fingerprint density at radius 2 is 1.83 bits per heavy atom. The Bertz CT molecular complexity index is 778. The molecule has 0 radical (unpaired) electrons. The maximum absolute atomic E-state index is 13.1. The van der Waals surface area contributed by atoms with Crippen LogP contribution in [0, 0.1) is 11.3 Å². The molecule has 1 atom stereocenters. The molecule has 24 heavy (non-hydrogen) atoms. The SMILES string of the molecule is N#Cc1ccc(N2CCC(c3ccc(Br)cc3)C2)cc1C(F)(F)F. The number of nitrogens with zero attached hydrogens (tertiary/aromatic N) is 2. The van der Waals surface area contributed by atoms with Crippen LogP contribution in [0.4, 0.5) is 18.9 Å². The van der Waals surface area contributed by atoms with E-state index < -0.39 is 11.7 Å². The van der Waals surface area contributed by atoms with E-state index in [-0.39, 0.29) is 5.56 Å². The zero-order valence-corrected chi connectivity index (χ0v) is 14.2. The molecule has 124 valence electrons. The first-order valence-corrected chi connectivity index (χ1v) is 8.29. The molecule has 1 heterocycles. The second kappa shape index (κ2) is 6.48. The third-order valence-electron chi connectivity index (χ3n) is 4.32. The van der Waals surface area contributed by atoms with E-state index in [1.807, 2.05) is 29.2 Å². The first-order chi connectivity index (χ1) is 11.4. The molecule has 0 aliphatic carbocycles. The maximum atomic E-state index is 13.1. The number of nitriles is 1. The van der Waals surface area contributed by atoms with E-state index in [9.17, 15) is 13.2 Å². The Labute approximate surface area is 146 Å². The Hall–Kier alpha value is -2.00. The topological polar surface area (TPSA) is 27.0 Å². The van der Waals surface area contributed by atoms with Crippen LogP contribution in [0.1, 0.15) is 29.0 Å². The number of hydrogen-bond acceptors (Lipinski definition) is 2. The summed E-state index contributed by atoms with van der Waals surface area (Å²) in [6, 6.07) is 13.6. The standard InChI is InChI=1S/C18H14BrF3N2/c19-15-4-1-12(2-5-15)14-7-8-24(11-14)16-6-3-13(10-23)17(9-16)18(20,21)22/h1-6,9,14H,7-8,11H2. The normalized spacial score (nSPS) is 17.8. The van der Waals surface area contributed by atoms with Gasteiger partial charge >= 0.3 is 6.18 Å². The summed E-state index contributed by atoms with van der Waals surface area (Å²) in [5.74, 6) is 0.295. The van der Waals surface area contributed by atoms with Gasteiger partial charge in [0.25, 0.3) is 0 Å². The van der Waals surface area contributed by atoms with Gasteiger partial charge in [-0.25, -0.2) is 0 Å². The maximum Gasteiger partial charge on any atom is 0.417 e. The van der Waals surface area contributed by atoms with Crippen LogP contribution in [-0.4, -0.2) is 13.1 Å². The molecule has 1 saturated heterocycles. The molecule has 6 heteroatoms. The van der Waals surface area contributed by atoms with Gasteiger partial charge < -0.3 is 4.90 Å². The van der Waals surface area contributed by atoms with Crippen molar-refractivity contribution in [1.29, 1.82) is 5.26 Å². The van der Waals surface area contributed by atoms with Crippen molar-refractivity contribution in [1.82, 2.24) is 0 Å². The fourth-order valence-corrected chi connectivity index (χ4v) is 3.33. The number of alkyl halides is 3. The first kappa shape index (κ1) is 16.8. The van der Waals surface area contributed by atoms with Gasteiger partial charge in [0, 0.05) is 29.2 Å². The molecule has 0 amide bonds. The second-order valence-electron chi connectivity index (χ2n) is 5.82. The van der Waals surface area contributed by atoms with Crippen LogP contribution >= 0.6 is 15.9 Å². The van der Waals surface area contributed by atoms with Crippen LogP contribution in [0.15, 0.2) is 46.9 Å². The average Bonchev–Trinajstić information content (AvgIpc) is 3.04. The first-order valence-electron chi connectivity index (χ1n) is 7.50. The molecule has 1 aliphatic rings. The van der Waals surface area contributed by atoms with Gasteiger partial charge in [-0.3, -0.25) is 0 Å². The van der Waals surface area contributed by atoms with E-state index in [0.29, 0.717) is 24.7 Å². The fourth-order valence-electron chi connectivity index (χ4n) is 3.06. The number of rotatable bonds is 2. The van der Waals surface area contributed by atoms with Crippen molar-refractivity contribution in [2.75, 3.05) is 18.0 Å². The molecule has 1 fully saturated rings. The monoisotopic (exact) mass is 394 g/mol. The van der Waals surface area contributed by atoms with Gasteiger partial charge in [-0.1, -0.05) is 28.1 Å². The van der Waals surface area contributed by atoms with Crippen molar-refractivity contribution in [3.63, 3.8) is 0 Å². The van der Waals surface area contributed by atoms with Gasteiger partial charge in [0.15, 0.2) is 0 Å². The van der Waals surface area contributed by atoms with Gasteiger partial charge in [0.2, 0.25) is 0 Å². The fraction of sp³-hybridized carbons (Fsp3) is 0.278. The minimum Gasteiger partial charge on any atom is -0.371 e. The number of hydrogen-bond donors (Lipinski definition) is 0. The summed E-state index contributed by atoms with van der Waals surface area (Å²) >= 11 is 3.40. The van der Waals surface area contributed by atoms with E-state index in [1.165, 1.54) is 11.6 Å². The lowest BCUT2D eigenvalue weighted by molar-refractivity contribution is -0.137. The molecule has 0 bridgehead atoms. The smallest absolute Gasteiger partial charge is 0.371 e. The Kier molecular flexibility index (Phi) is 4.55. The predicted molar refractivity (Wildman–Crippen MR) is 89.9 cm³/mol. The molecule has 2 nitrogen and oxygen atoms in total. The lowest BCUT2D eigenvalue weighted by Crippen LogP contribution is -2.20. The largest absolute Gasteiger partial charge is 0.417 e. The van der Waals surface area contributed by atoms with Gasteiger partial charge in [-0.2, -0.15) is 18.4 Å². The van der Waals surface area contributed by atoms with Crippen LogP contribution in [0.3, 0.4) is 0 Å². The van der Waals surface area contributed by atoms with Crippen LogP contribution < -0.4 is 4.90 Å². The molecular formula is C18H14BrF3N2. The highest BCUT2D eigenvalue weighted by molar-refractivity contribution is 9.10. The quantitative estimate of drug-likeness (QED) is 0.687. The summed E-state index contributed by atoms with van der Waals surface area (Å²) in [5, 5.41) is 8.88. The molecule has 2 aromatic carbocycles. The minimum atomic E-state index is -4.52. The van der Waals surface area contributed by atoms with Crippen molar-refractivity contribution in [2.24, 2.45) is 0 Å². The summed E-state index contributed by atoms with van der Waals surface area (Å²) in [5.41, 5.74) is 0.496. The molecule has 1 unspecified atom stereocenters. The third kappa shape index (κ3) is 3.41. The highest BCUT2D eigenvalue weighted by Crippen LogP contribution is 2.37. The highest BCUT2D eigenvalue weighted by atomic mass is 79.9. The summed E-state index contributed by atoms with van der Waals surface area (Å²) in [4.78, 5) is 1.95. The summed E-state index contributed by atoms with van der Waals surface area (Å²) < 4.78 is 40.3. The molecule has 0 saturated carbocycles. The number of halogens is 4. The van der Waals surface area contributed by atoms with E-state index in [0.717, 1.165) is 17.0 Å². The van der Waals surface area contributed by atoms with Crippen molar-refractivity contribution in [3.05, 3.63) is 63.6 Å². The summed E-state index contributed by atoms with van der Waals surface area (Å²) in [6.45, 7) is 1.37. The number of benzene rings is 2. The second-order valence-corrected chi connectivity index (χ2v) is 6.74. The molecule has 0 aromatic heterocycles. The Morgan fingerprint density at radius 1 is 1.12 bits per heavy atom. The molecule has 2 aromatic rings. The van der Waals surface area contributed by atoms with Crippen LogP contribution in [0.5, 0.6) is 0 Å². The van der Waals surface area contributed by atoms with Gasteiger partial charge in [0.1, 0.15) is 0 Å². The average molecular weight is 395 g/mol. The lowest BCUT2D eigenvalue weighted by Gasteiger charge is -2.21. The van der Waals surface area contributed by atoms with Gasteiger partial charge in [-0.05, 0) is 42.3 Å². The van der Waals surface area contributed by atoms with Crippen LogP contribution in [0.25, 0.3) is 0 Å². The molecule has 0 spiro atoms. The molecular weight excluding hydrogens is 381 g/mol. The lowest BCUT2D eigenvalue weighted by atomic mass is 9.99. The van der Waals surface area contributed by atoms with E-state index in [2.05, 4.69) is 15.9 Å². The molecule has 3 rings (SSSR count). The zero-order chi connectivity index (χ0) is 17.3. The minimum absolute atomic E-state index is 0.295. The predicted octanol–water partition coefficient (Wildman–Crippen LogP) is 5.33. The van der Waals surface area contributed by atoms with Crippen LogP contribution in [0.2, 0.25) is 0 Å².